The lowest BCUT2D eigenvalue weighted by atomic mass is 9.85. The van der Waals surface area contributed by atoms with Crippen LogP contribution in [0.5, 0.6) is 0 Å². The molecule has 5 aliphatic rings. The Hall–Kier alpha value is -4.47. The van der Waals surface area contributed by atoms with Gasteiger partial charge in [0, 0.05) is 58.0 Å². The zero-order valence-corrected chi connectivity index (χ0v) is 40.6. The maximum absolute atomic E-state index is 12.7. The van der Waals surface area contributed by atoms with Crippen LogP contribution in [0.4, 0.5) is 0 Å². The molecule has 0 unspecified atom stereocenters. The highest BCUT2D eigenvalue weighted by Gasteiger charge is 2.51. The summed E-state index contributed by atoms with van der Waals surface area (Å²) in [6.07, 6.45) is -16.8. The SMILES string of the molecule is COC1=C(N[C@@H](CCCN=C2C[C@@](O)(CO[C@H]3O[C@@H](CO)[C@H](O)[C@@H](O)[C@@H]3O[C@H]3OC[C@@H](O)[C@H](O)[C@H]3O)C=C(NCCC[C@@H](NC3=C(OC)C(=O)C[C@](O)(CO)C3)C(=O)O)[C@H]2OC)C(=O)O)C[C@](O)(CO)CC1=O. The Morgan fingerprint density at radius 2 is 1.33 bits per heavy atom. The van der Waals surface area contributed by atoms with E-state index in [4.69, 9.17) is 33.2 Å². The van der Waals surface area contributed by atoms with Gasteiger partial charge < -0.3 is 115 Å². The van der Waals surface area contributed by atoms with Crippen LogP contribution in [0.2, 0.25) is 0 Å². The number of nitrogens with zero attached hydrogens (tertiary/aromatic N) is 1. The number of nitrogens with one attached hydrogen (secondary N) is 3. The Morgan fingerprint density at radius 1 is 0.767 bits per heavy atom. The van der Waals surface area contributed by atoms with E-state index in [1.54, 1.807) is 0 Å². The summed E-state index contributed by atoms with van der Waals surface area (Å²) < 4.78 is 39.0. The number of carbonyl (C=O) groups excluding carboxylic acids is 2. The minimum absolute atomic E-state index is 0.0167. The first-order valence-corrected chi connectivity index (χ1v) is 23.5. The van der Waals surface area contributed by atoms with Crippen LogP contribution in [0, 0.1) is 0 Å². The van der Waals surface area contributed by atoms with Gasteiger partial charge in [0.05, 0.1) is 64.4 Å². The molecule has 15 atom stereocenters. The number of aliphatic hydroxyl groups excluding tert-OH is 8. The highest BCUT2D eigenvalue weighted by atomic mass is 16.8. The molecule has 16 N–H and O–H groups in total. The van der Waals surface area contributed by atoms with Crippen molar-refractivity contribution in [1.82, 2.24) is 16.0 Å². The van der Waals surface area contributed by atoms with Gasteiger partial charge in [-0.25, -0.2) is 9.59 Å². The predicted molar refractivity (Wildman–Crippen MR) is 243 cm³/mol. The molecular formula is C45H70N4O24. The van der Waals surface area contributed by atoms with E-state index in [2.05, 4.69) is 20.9 Å². The van der Waals surface area contributed by atoms with Gasteiger partial charge in [0.1, 0.15) is 77.7 Å². The number of carbonyl (C=O) groups is 4. The topological polar surface area (TPSA) is 444 Å². The highest BCUT2D eigenvalue weighted by molar-refractivity contribution is 5.97. The van der Waals surface area contributed by atoms with Gasteiger partial charge in [-0.2, -0.15) is 0 Å². The number of aliphatic imine (C=N–C) groups is 1. The van der Waals surface area contributed by atoms with Gasteiger partial charge in [-0.05, 0) is 31.8 Å². The number of Topliss-reactive ketones (excluding diaryl/α,β-unsaturated/α-hetero) is 2. The monoisotopic (exact) mass is 1050 g/mol. The quantitative estimate of drug-likeness (QED) is 0.0359. The average Bonchev–Trinajstić information content (AvgIpc) is 3.34. The number of carboxylic acid groups (broad SMARTS) is 2. The van der Waals surface area contributed by atoms with Crippen molar-refractivity contribution in [2.45, 2.75) is 148 Å². The Morgan fingerprint density at radius 3 is 1.84 bits per heavy atom. The van der Waals surface area contributed by atoms with E-state index in [0.29, 0.717) is 0 Å². The number of carboxylic acids is 2. The van der Waals surface area contributed by atoms with Crippen LogP contribution in [0.3, 0.4) is 0 Å². The second kappa shape index (κ2) is 25.9. The van der Waals surface area contributed by atoms with Gasteiger partial charge in [-0.15, -0.1) is 0 Å². The lowest BCUT2D eigenvalue weighted by Crippen LogP contribution is -2.63. The zero-order chi connectivity index (χ0) is 54.0. The molecule has 0 aromatic heterocycles. The van der Waals surface area contributed by atoms with Crippen LogP contribution in [0.25, 0.3) is 0 Å². The second-order valence-corrected chi connectivity index (χ2v) is 18.9. The summed E-state index contributed by atoms with van der Waals surface area (Å²) in [6.45, 7) is -3.61. The van der Waals surface area contributed by atoms with E-state index in [0.717, 1.165) is 0 Å². The lowest BCUT2D eigenvalue weighted by Gasteiger charge is -2.45. The maximum atomic E-state index is 12.7. The number of ketones is 2. The maximum Gasteiger partial charge on any atom is 0.326 e. The third kappa shape index (κ3) is 14.7. The molecule has 2 aliphatic heterocycles. The molecule has 0 saturated carbocycles. The van der Waals surface area contributed by atoms with E-state index in [1.165, 1.54) is 27.4 Å². The van der Waals surface area contributed by atoms with Crippen LogP contribution < -0.4 is 16.0 Å². The molecule has 5 rings (SSSR count). The van der Waals surface area contributed by atoms with Crippen molar-refractivity contribution < 1.29 is 119 Å². The Kier molecular flexibility index (Phi) is 21.0. The van der Waals surface area contributed by atoms with Crippen molar-refractivity contribution in [1.29, 1.82) is 0 Å². The summed E-state index contributed by atoms with van der Waals surface area (Å²) in [5.41, 5.74) is -5.41. The van der Waals surface area contributed by atoms with Crippen LogP contribution in [0.1, 0.15) is 57.8 Å². The van der Waals surface area contributed by atoms with Crippen molar-refractivity contribution in [2.75, 3.05) is 67.5 Å². The summed E-state index contributed by atoms with van der Waals surface area (Å²) in [5, 5.41) is 145. The fourth-order valence-electron chi connectivity index (χ4n) is 9.22. The first-order valence-electron chi connectivity index (χ1n) is 23.5. The smallest absolute Gasteiger partial charge is 0.326 e. The van der Waals surface area contributed by atoms with Crippen molar-refractivity contribution in [3.63, 3.8) is 0 Å². The molecule has 0 amide bonds. The number of aliphatic carboxylic acids is 2. The number of hydrogen-bond donors (Lipinski definition) is 16. The molecular weight excluding hydrogens is 980 g/mol. The molecule has 2 saturated heterocycles. The number of methoxy groups -OCH3 is 3. The summed E-state index contributed by atoms with van der Waals surface area (Å²) in [7, 11) is 3.75. The van der Waals surface area contributed by atoms with Gasteiger partial charge >= 0.3 is 11.9 Å². The molecule has 28 heteroatoms. The molecule has 0 spiro atoms. The number of ether oxygens (including phenoxy) is 7. The van der Waals surface area contributed by atoms with Crippen LogP contribution >= 0.6 is 0 Å². The zero-order valence-electron chi connectivity index (χ0n) is 40.6. The number of rotatable bonds is 26. The van der Waals surface area contributed by atoms with Gasteiger partial charge in [-0.3, -0.25) is 14.6 Å². The molecule has 0 bridgehead atoms. The van der Waals surface area contributed by atoms with E-state index >= 15 is 0 Å². The fourth-order valence-corrected chi connectivity index (χ4v) is 9.22. The average molecular weight is 1050 g/mol. The second-order valence-electron chi connectivity index (χ2n) is 18.9. The van der Waals surface area contributed by atoms with Gasteiger partial charge in [-0.1, -0.05) is 0 Å². The van der Waals surface area contributed by atoms with E-state index in [9.17, 15) is 85.6 Å². The molecule has 3 aliphatic carbocycles. The Balaban J connectivity index is 1.37. The van der Waals surface area contributed by atoms with Gasteiger partial charge in [0.15, 0.2) is 24.1 Å². The minimum atomic E-state index is -2.04. The molecule has 2 heterocycles. The van der Waals surface area contributed by atoms with Crippen molar-refractivity contribution in [3.8, 4) is 0 Å². The first-order chi connectivity index (χ1) is 34.5. The number of hydrogen-bond acceptors (Lipinski definition) is 26. The Bertz CT molecular complexity index is 2070. The predicted octanol–water partition coefficient (Wildman–Crippen LogP) is -6.13. The number of aliphatic hydroxyl groups is 11. The normalized spacial score (nSPS) is 35.6. The Labute approximate surface area is 418 Å². The molecule has 0 aromatic rings. The van der Waals surface area contributed by atoms with Crippen molar-refractivity contribution >= 4 is 29.2 Å². The molecule has 414 valence electrons. The summed E-state index contributed by atoms with van der Waals surface area (Å²) in [4.78, 5) is 54.9. The summed E-state index contributed by atoms with van der Waals surface area (Å²) in [5.74, 6) is -4.32. The fraction of sp³-hybridized carbons (Fsp3) is 0.756. The van der Waals surface area contributed by atoms with Crippen LogP contribution in [-0.4, -0.2) is 253 Å². The molecule has 2 fully saturated rings. The number of allylic oxidation sites excluding steroid dienone is 2. The standard InChI is InChI=1S/C45H70N4O24/c1-67-35-23(46-8-4-6-21(39(60)61)48-25-12-43(64,18-51)14-27(53)36(25)68-2)10-45(66,20-71-42-38(33(58)32(57)30(16-50)72-42)73-41-34(59)31(56)29(55)17-70-41)11-24(35)47-9-5-7-22(40(62)63)49-26-13-44(65,19-52)15-28(54)37(26)69-3/h10,21-22,29-35,38,41-42,46,48-52,55-59,64-66H,4-9,11-20H2,1-3H3,(H,60,61)(H,62,63)/t21-,22+,29-,30+,31+,32+,33-,34-,35-,38+,41-,42+,43+,44-,45-/m1/s1. The van der Waals surface area contributed by atoms with Gasteiger partial charge in [0.25, 0.3) is 0 Å². The molecule has 73 heavy (non-hydrogen) atoms. The first kappa shape index (κ1) is 59.4. The van der Waals surface area contributed by atoms with Crippen molar-refractivity contribution in [3.05, 3.63) is 34.7 Å². The third-order valence-electron chi connectivity index (χ3n) is 13.1. The van der Waals surface area contributed by atoms with Gasteiger partial charge in [0.2, 0.25) is 11.6 Å². The third-order valence-corrected chi connectivity index (χ3v) is 13.1. The largest absolute Gasteiger partial charge is 0.491 e. The van der Waals surface area contributed by atoms with Crippen LogP contribution in [0.15, 0.2) is 39.7 Å². The van der Waals surface area contributed by atoms with Crippen molar-refractivity contribution in [2.24, 2.45) is 4.99 Å². The molecule has 28 nitrogen and oxygen atoms in total. The van der Waals surface area contributed by atoms with E-state index in [1.807, 2.05) is 0 Å². The molecule has 0 aromatic carbocycles. The lowest BCUT2D eigenvalue weighted by molar-refractivity contribution is -0.359. The van der Waals surface area contributed by atoms with Crippen LogP contribution in [-0.2, 0) is 52.3 Å². The summed E-state index contributed by atoms with van der Waals surface area (Å²) in [6, 6.07) is -2.66. The molecule has 0 radical (unpaired) electrons. The van der Waals surface area contributed by atoms with E-state index < -0.39 is 160 Å². The summed E-state index contributed by atoms with van der Waals surface area (Å²) >= 11 is 0. The minimum Gasteiger partial charge on any atom is -0.491 e. The van der Waals surface area contributed by atoms with E-state index in [-0.39, 0.29) is 92.4 Å². The highest BCUT2D eigenvalue weighted by Crippen LogP contribution is 2.34.